The number of nitrogens with zero attached hydrogens (tertiary/aromatic N) is 4. The molecule has 0 atom stereocenters. The van der Waals surface area contributed by atoms with Gasteiger partial charge < -0.3 is 9.88 Å². The summed E-state index contributed by atoms with van der Waals surface area (Å²) in [6.07, 6.45) is 7.52. The van der Waals surface area contributed by atoms with E-state index in [1.807, 2.05) is 28.6 Å². The standard InChI is InChI=1S/C27H33F2N5O2/c1-17-14-23-21(24-22(25(35)31-23)16-30-34(24)19-4-2-3-5-19)15-20(17)26(36)33-10-6-18(7-11-33)32-12-8-27(28,29)9-13-32/h14-16,18-19H,2-13H2,1H3,(H,31,35). The summed E-state index contributed by atoms with van der Waals surface area (Å²) in [7, 11) is 0. The van der Waals surface area contributed by atoms with Gasteiger partial charge in [-0.1, -0.05) is 12.8 Å². The van der Waals surface area contributed by atoms with Crippen LogP contribution in [0, 0.1) is 6.92 Å². The van der Waals surface area contributed by atoms with Crippen molar-refractivity contribution in [1.29, 1.82) is 0 Å². The Morgan fingerprint density at radius 1 is 1.00 bits per heavy atom. The first-order valence-corrected chi connectivity index (χ1v) is 13.3. The van der Waals surface area contributed by atoms with Crippen molar-refractivity contribution in [3.05, 3.63) is 39.8 Å². The lowest BCUT2D eigenvalue weighted by molar-refractivity contribution is -0.0668. The van der Waals surface area contributed by atoms with Gasteiger partial charge in [0, 0.05) is 56.0 Å². The number of alkyl halides is 2. The van der Waals surface area contributed by atoms with Crippen molar-refractivity contribution in [3.63, 3.8) is 0 Å². The summed E-state index contributed by atoms with van der Waals surface area (Å²) < 4.78 is 29.1. The summed E-state index contributed by atoms with van der Waals surface area (Å²) in [5.41, 5.74) is 2.86. The van der Waals surface area contributed by atoms with Crippen LogP contribution in [-0.2, 0) is 0 Å². The third-order valence-electron chi connectivity index (χ3n) is 8.61. The first kappa shape index (κ1) is 23.6. The number of carbonyl (C=O) groups is 1. The molecule has 0 bridgehead atoms. The number of H-pyrrole nitrogens is 1. The van der Waals surface area contributed by atoms with Gasteiger partial charge in [0.05, 0.1) is 28.7 Å². The number of aromatic amines is 1. The molecule has 1 aliphatic carbocycles. The molecule has 0 spiro atoms. The third kappa shape index (κ3) is 4.11. The number of amides is 1. The Balaban J connectivity index is 1.27. The highest BCUT2D eigenvalue weighted by Gasteiger charge is 2.37. The van der Waals surface area contributed by atoms with Gasteiger partial charge in [0.2, 0.25) is 0 Å². The summed E-state index contributed by atoms with van der Waals surface area (Å²) in [4.78, 5) is 33.4. The van der Waals surface area contributed by atoms with Gasteiger partial charge in [0.25, 0.3) is 17.4 Å². The van der Waals surface area contributed by atoms with E-state index in [4.69, 9.17) is 0 Å². The normalized spacial score (nSPS) is 22.1. The van der Waals surface area contributed by atoms with E-state index in [-0.39, 0.29) is 36.4 Å². The number of halogens is 2. The molecule has 1 N–H and O–H groups in total. The number of benzene rings is 1. The highest BCUT2D eigenvalue weighted by atomic mass is 19.3. The number of fused-ring (bicyclic) bond motifs is 3. The maximum Gasteiger partial charge on any atom is 0.259 e. The largest absolute Gasteiger partial charge is 0.339 e. The Hall–Kier alpha value is -2.81. The molecule has 0 radical (unpaired) electrons. The molecule has 3 aromatic rings. The zero-order chi connectivity index (χ0) is 25.0. The van der Waals surface area contributed by atoms with Crippen molar-refractivity contribution in [2.45, 2.75) is 76.3 Å². The molecule has 36 heavy (non-hydrogen) atoms. The van der Waals surface area contributed by atoms with Crippen molar-refractivity contribution in [1.82, 2.24) is 24.6 Å². The molecule has 6 rings (SSSR count). The number of nitrogens with one attached hydrogen (secondary N) is 1. The molecule has 3 fully saturated rings. The van der Waals surface area contributed by atoms with Crippen molar-refractivity contribution < 1.29 is 13.6 Å². The molecule has 3 aliphatic rings. The molecule has 0 unspecified atom stereocenters. The minimum Gasteiger partial charge on any atom is -0.339 e. The first-order valence-electron chi connectivity index (χ1n) is 13.3. The minimum absolute atomic E-state index is 0.00990. The molecule has 1 aromatic carbocycles. The first-order chi connectivity index (χ1) is 17.3. The molecule has 1 saturated carbocycles. The number of rotatable bonds is 3. The van der Waals surface area contributed by atoms with Crippen LogP contribution in [0.4, 0.5) is 8.78 Å². The summed E-state index contributed by atoms with van der Waals surface area (Å²) in [6, 6.07) is 4.36. The molecule has 1 amide bonds. The average molecular weight is 498 g/mol. The van der Waals surface area contributed by atoms with E-state index in [1.54, 1.807) is 6.20 Å². The summed E-state index contributed by atoms with van der Waals surface area (Å²) in [6.45, 7) is 4.00. The van der Waals surface area contributed by atoms with Crippen molar-refractivity contribution in [2.24, 2.45) is 0 Å². The van der Waals surface area contributed by atoms with Crippen molar-refractivity contribution in [3.8, 4) is 0 Å². The van der Waals surface area contributed by atoms with Gasteiger partial charge in [-0.05, 0) is 50.3 Å². The molecule has 2 aliphatic heterocycles. The number of aryl methyl sites for hydroxylation is 1. The SMILES string of the molecule is Cc1cc2[nH]c(=O)c3cnn(C4CCCC4)c3c2cc1C(=O)N1CCC(N2CCC(F)(F)CC2)CC1. The van der Waals surface area contributed by atoms with Crippen LogP contribution < -0.4 is 5.56 Å². The van der Waals surface area contributed by atoms with E-state index < -0.39 is 5.92 Å². The number of piperidine rings is 2. The Morgan fingerprint density at radius 2 is 1.69 bits per heavy atom. The number of hydrogen-bond acceptors (Lipinski definition) is 4. The maximum atomic E-state index is 13.6. The third-order valence-corrected chi connectivity index (χ3v) is 8.61. The molecule has 192 valence electrons. The second-order valence-corrected chi connectivity index (χ2v) is 10.9. The lowest BCUT2D eigenvalue weighted by atomic mass is 9.97. The summed E-state index contributed by atoms with van der Waals surface area (Å²) in [5, 5.41) is 6.00. The fourth-order valence-corrected chi connectivity index (χ4v) is 6.47. The predicted molar refractivity (Wildman–Crippen MR) is 135 cm³/mol. The zero-order valence-electron chi connectivity index (χ0n) is 20.7. The van der Waals surface area contributed by atoms with Crippen LogP contribution in [0.5, 0.6) is 0 Å². The average Bonchev–Trinajstić information content (AvgIpc) is 3.54. The van der Waals surface area contributed by atoms with Crippen LogP contribution in [0.1, 0.15) is 73.3 Å². The molecular weight excluding hydrogens is 464 g/mol. The smallest absolute Gasteiger partial charge is 0.259 e. The maximum absolute atomic E-state index is 13.6. The van der Waals surface area contributed by atoms with Crippen LogP contribution in [0.2, 0.25) is 0 Å². The molecule has 2 aromatic heterocycles. The van der Waals surface area contributed by atoms with E-state index in [1.165, 1.54) is 0 Å². The number of hydrogen-bond donors (Lipinski definition) is 1. The van der Waals surface area contributed by atoms with Gasteiger partial charge in [-0.2, -0.15) is 5.10 Å². The second kappa shape index (κ2) is 8.94. The molecule has 7 nitrogen and oxygen atoms in total. The van der Waals surface area contributed by atoms with E-state index in [0.29, 0.717) is 37.1 Å². The van der Waals surface area contributed by atoms with Gasteiger partial charge in [0.15, 0.2) is 0 Å². The van der Waals surface area contributed by atoms with E-state index in [0.717, 1.165) is 60.5 Å². The molecular formula is C27H33F2N5O2. The Kier molecular flexibility index (Phi) is 5.85. The highest BCUT2D eigenvalue weighted by Crippen LogP contribution is 2.34. The van der Waals surface area contributed by atoms with Crippen LogP contribution in [-0.4, -0.2) is 68.6 Å². The van der Waals surface area contributed by atoms with E-state index in [2.05, 4.69) is 15.0 Å². The van der Waals surface area contributed by atoms with Crippen molar-refractivity contribution >= 4 is 27.7 Å². The van der Waals surface area contributed by atoms with Gasteiger partial charge in [-0.3, -0.25) is 19.2 Å². The van der Waals surface area contributed by atoms with Gasteiger partial charge >= 0.3 is 0 Å². The number of carbonyl (C=O) groups excluding carboxylic acids is 1. The van der Waals surface area contributed by atoms with Gasteiger partial charge in [-0.15, -0.1) is 0 Å². The zero-order valence-corrected chi connectivity index (χ0v) is 20.7. The second-order valence-electron chi connectivity index (χ2n) is 10.9. The summed E-state index contributed by atoms with van der Waals surface area (Å²) in [5.74, 6) is -2.55. The predicted octanol–water partition coefficient (Wildman–Crippen LogP) is 4.64. The number of aromatic nitrogens is 3. The van der Waals surface area contributed by atoms with Crippen LogP contribution in [0.15, 0.2) is 23.1 Å². The topological polar surface area (TPSA) is 74.2 Å². The van der Waals surface area contributed by atoms with E-state index in [9.17, 15) is 18.4 Å². The fraction of sp³-hybridized carbons (Fsp3) is 0.593. The minimum atomic E-state index is -2.54. The quantitative estimate of drug-likeness (QED) is 0.572. The molecule has 2 saturated heterocycles. The monoisotopic (exact) mass is 497 g/mol. The molecule has 4 heterocycles. The number of pyridine rings is 1. The Labute approximate surface area is 208 Å². The van der Waals surface area contributed by atoms with Crippen LogP contribution >= 0.6 is 0 Å². The Morgan fingerprint density at radius 3 is 2.39 bits per heavy atom. The molecule has 9 heteroatoms. The van der Waals surface area contributed by atoms with E-state index >= 15 is 0 Å². The lowest BCUT2D eigenvalue weighted by Gasteiger charge is -2.41. The lowest BCUT2D eigenvalue weighted by Crippen LogP contribution is -2.50. The Bertz CT molecular complexity index is 1360. The highest BCUT2D eigenvalue weighted by molar-refractivity contribution is 6.07. The van der Waals surface area contributed by atoms with Gasteiger partial charge in [0.1, 0.15) is 0 Å². The van der Waals surface area contributed by atoms with Crippen molar-refractivity contribution in [2.75, 3.05) is 26.2 Å². The summed E-state index contributed by atoms with van der Waals surface area (Å²) >= 11 is 0. The fourth-order valence-electron chi connectivity index (χ4n) is 6.47. The van der Waals surface area contributed by atoms with Gasteiger partial charge in [-0.25, -0.2) is 8.78 Å². The number of likely N-dealkylation sites (tertiary alicyclic amines) is 2. The van der Waals surface area contributed by atoms with Crippen LogP contribution in [0.3, 0.4) is 0 Å². The van der Waals surface area contributed by atoms with Crippen LogP contribution in [0.25, 0.3) is 21.8 Å².